The molecule has 0 radical (unpaired) electrons. The van der Waals surface area contributed by atoms with Crippen LogP contribution in [0.4, 0.5) is 13.2 Å². The molecule has 0 N–H and O–H groups in total. The standard InChI is InChI=1S/C14H14F3NO2S/c15-14(16,17)11-5-7-12(8-6-11)21(19,20)13-4-2-1-3-10(13)9-18/h5-8,10,13H,1-4H2. The zero-order valence-electron chi connectivity index (χ0n) is 11.1. The molecule has 0 aliphatic heterocycles. The molecule has 0 amide bonds. The number of benzene rings is 1. The Balaban J connectivity index is 2.33. The van der Waals surface area contributed by atoms with E-state index in [-0.39, 0.29) is 4.90 Å². The Morgan fingerprint density at radius 3 is 2.19 bits per heavy atom. The molecule has 1 saturated carbocycles. The zero-order valence-corrected chi connectivity index (χ0v) is 11.9. The number of alkyl halides is 3. The smallest absolute Gasteiger partial charge is 0.223 e. The minimum absolute atomic E-state index is 0.150. The van der Waals surface area contributed by atoms with Crippen molar-refractivity contribution in [1.29, 1.82) is 5.26 Å². The number of hydrogen-bond donors (Lipinski definition) is 0. The lowest BCUT2D eigenvalue weighted by Crippen LogP contribution is -2.32. The van der Waals surface area contributed by atoms with Crippen molar-refractivity contribution in [2.24, 2.45) is 5.92 Å². The van der Waals surface area contributed by atoms with Crippen molar-refractivity contribution in [3.05, 3.63) is 29.8 Å². The predicted octanol–water partition coefficient (Wildman–Crippen LogP) is 3.56. The molecule has 0 saturated heterocycles. The van der Waals surface area contributed by atoms with Crippen molar-refractivity contribution in [1.82, 2.24) is 0 Å². The molecular weight excluding hydrogens is 303 g/mol. The second-order valence-electron chi connectivity index (χ2n) is 5.13. The van der Waals surface area contributed by atoms with Gasteiger partial charge in [-0.1, -0.05) is 12.8 Å². The van der Waals surface area contributed by atoms with Crippen molar-refractivity contribution in [3.8, 4) is 6.07 Å². The van der Waals surface area contributed by atoms with Gasteiger partial charge in [-0.2, -0.15) is 18.4 Å². The number of nitrogens with zero attached hydrogens (tertiary/aromatic N) is 1. The van der Waals surface area contributed by atoms with E-state index in [9.17, 15) is 21.6 Å². The molecule has 21 heavy (non-hydrogen) atoms. The first kappa shape index (κ1) is 15.8. The first-order valence-electron chi connectivity index (χ1n) is 6.57. The van der Waals surface area contributed by atoms with Gasteiger partial charge in [0.2, 0.25) is 0 Å². The molecule has 2 atom stereocenters. The van der Waals surface area contributed by atoms with Gasteiger partial charge in [-0.3, -0.25) is 0 Å². The molecule has 2 unspecified atom stereocenters. The fraction of sp³-hybridized carbons (Fsp3) is 0.500. The Labute approximate surface area is 121 Å². The highest BCUT2D eigenvalue weighted by Gasteiger charge is 2.37. The molecule has 0 bridgehead atoms. The molecule has 7 heteroatoms. The van der Waals surface area contributed by atoms with Gasteiger partial charge in [0.05, 0.1) is 27.7 Å². The van der Waals surface area contributed by atoms with Crippen LogP contribution in [0.15, 0.2) is 29.2 Å². The van der Waals surface area contributed by atoms with Crippen LogP contribution in [-0.2, 0) is 16.0 Å². The Kier molecular flexibility index (Phi) is 4.28. The highest BCUT2D eigenvalue weighted by Crippen LogP contribution is 2.34. The third-order valence-corrected chi connectivity index (χ3v) is 6.07. The van der Waals surface area contributed by atoms with E-state index in [1.165, 1.54) is 0 Å². The minimum Gasteiger partial charge on any atom is -0.223 e. The van der Waals surface area contributed by atoms with Crippen molar-refractivity contribution in [2.75, 3.05) is 0 Å². The lowest BCUT2D eigenvalue weighted by molar-refractivity contribution is -0.137. The summed E-state index contributed by atoms with van der Waals surface area (Å²) in [6, 6.07) is 5.48. The normalized spacial score (nSPS) is 23.5. The van der Waals surface area contributed by atoms with Crippen LogP contribution in [0.2, 0.25) is 0 Å². The van der Waals surface area contributed by atoms with E-state index in [1.807, 2.05) is 6.07 Å². The van der Waals surface area contributed by atoms with Crippen molar-refractivity contribution >= 4 is 9.84 Å². The number of nitriles is 1. The minimum atomic E-state index is -4.50. The molecule has 1 aliphatic carbocycles. The molecule has 2 rings (SSSR count). The maximum atomic E-state index is 12.5. The summed E-state index contributed by atoms with van der Waals surface area (Å²) in [7, 11) is -3.78. The lowest BCUT2D eigenvalue weighted by Gasteiger charge is -2.26. The summed E-state index contributed by atoms with van der Waals surface area (Å²) < 4.78 is 62.5. The molecule has 1 aromatic carbocycles. The zero-order chi connectivity index (χ0) is 15.7. The summed E-state index contributed by atoms with van der Waals surface area (Å²) >= 11 is 0. The first-order chi connectivity index (χ1) is 9.76. The van der Waals surface area contributed by atoms with E-state index >= 15 is 0 Å². The maximum Gasteiger partial charge on any atom is 0.416 e. The van der Waals surface area contributed by atoms with E-state index in [2.05, 4.69) is 0 Å². The van der Waals surface area contributed by atoms with Crippen molar-refractivity contribution in [2.45, 2.75) is 42.0 Å². The van der Waals surface area contributed by atoms with Crippen molar-refractivity contribution < 1.29 is 21.6 Å². The predicted molar refractivity (Wildman–Crippen MR) is 70.0 cm³/mol. The van der Waals surface area contributed by atoms with E-state index in [1.54, 1.807) is 0 Å². The van der Waals surface area contributed by atoms with E-state index < -0.39 is 32.7 Å². The molecule has 1 aliphatic rings. The van der Waals surface area contributed by atoms with E-state index in [4.69, 9.17) is 5.26 Å². The van der Waals surface area contributed by atoms with Crippen LogP contribution in [-0.4, -0.2) is 13.7 Å². The second kappa shape index (κ2) is 5.68. The van der Waals surface area contributed by atoms with Gasteiger partial charge >= 0.3 is 6.18 Å². The summed E-state index contributed by atoms with van der Waals surface area (Å²) in [6.07, 6.45) is -2.09. The number of rotatable bonds is 2. The summed E-state index contributed by atoms with van der Waals surface area (Å²) in [5.74, 6) is -0.592. The molecule has 1 fully saturated rings. The summed E-state index contributed by atoms with van der Waals surface area (Å²) in [5.41, 5.74) is -0.887. The third-order valence-electron chi connectivity index (χ3n) is 3.78. The highest BCUT2D eigenvalue weighted by atomic mass is 32.2. The van der Waals surface area contributed by atoms with Crippen LogP contribution in [0.25, 0.3) is 0 Å². The first-order valence-corrected chi connectivity index (χ1v) is 8.12. The van der Waals surface area contributed by atoms with Crippen LogP contribution >= 0.6 is 0 Å². The molecule has 0 heterocycles. The Morgan fingerprint density at radius 1 is 1.10 bits per heavy atom. The van der Waals surface area contributed by atoms with Gasteiger partial charge in [-0.25, -0.2) is 8.42 Å². The molecule has 114 valence electrons. The van der Waals surface area contributed by atoms with Crippen LogP contribution in [0.3, 0.4) is 0 Å². The summed E-state index contributed by atoms with van der Waals surface area (Å²) in [4.78, 5) is -0.150. The fourth-order valence-corrected chi connectivity index (χ4v) is 4.60. The van der Waals surface area contributed by atoms with Crippen LogP contribution in [0.1, 0.15) is 31.2 Å². The van der Waals surface area contributed by atoms with Gasteiger partial charge in [0.25, 0.3) is 0 Å². The van der Waals surface area contributed by atoms with Crippen molar-refractivity contribution in [3.63, 3.8) is 0 Å². The van der Waals surface area contributed by atoms with Gasteiger partial charge in [0.15, 0.2) is 9.84 Å². The van der Waals surface area contributed by atoms with Gasteiger partial charge in [-0.05, 0) is 37.1 Å². The molecule has 0 spiro atoms. The number of hydrogen-bond acceptors (Lipinski definition) is 3. The Morgan fingerprint density at radius 2 is 1.67 bits per heavy atom. The number of halogens is 3. The quantitative estimate of drug-likeness (QED) is 0.838. The van der Waals surface area contributed by atoms with Gasteiger partial charge < -0.3 is 0 Å². The average Bonchev–Trinajstić information content (AvgIpc) is 2.46. The Bertz CT molecular complexity index is 644. The number of sulfone groups is 1. The maximum absolute atomic E-state index is 12.5. The SMILES string of the molecule is N#CC1CCCCC1S(=O)(=O)c1ccc(C(F)(F)F)cc1. The van der Waals surface area contributed by atoms with E-state index in [0.717, 1.165) is 30.7 Å². The lowest BCUT2D eigenvalue weighted by atomic mass is 9.90. The fourth-order valence-electron chi connectivity index (χ4n) is 2.62. The third kappa shape index (κ3) is 3.21. The summed E-state index contributed by atoms with van der Waals surface area (Å²) in [6.45, 7) is 0. The van der Waals surface area contributed by atoms with E-state index in [0.29, 0.717) is 19.3 Å². The molecule has 1 aromatic rings. The van der Waals surface area contributed by atoms with Crippen LogP contribution in [0, 0.1) is 17.2 Å². The van der Waals surface area contributed by atoms with Crippen LogP contribution < -0.4 is 0 Å². The average molecular weight is 317 g/mol. The molecular formula is C14H14F3NO2S. The monoisotopic (exact) mass is 317 g/mol. The van der Waals surface area contributed by atoms with Gasteiger partial charge in [0, 0.05) is 0 Å². The molecule has 0 aromatic heterocycles. The van der Waals surface area contributed by atoms with Gasteiger partial charge in [-0.15, -0.1) is 0 Å². The van der Waals surface area contributed by atoms with Gasteiger partial charge in [0.1, 0.15) is 0 Å². The Hall–Kier alpha value is -1.55. The highest BCUT2D eigenvalue weighted by molar-refractivity contribution is 7.92. The largest absolute Gasteiger partial charge is 0.416 e. The second-order valence-corrected chi connectivity index (χ2v) is 7.29. The topological polar surface area (TPSA) is 57.9 Å². The summed E-state index contributed by atoms with van der Waals surface area (Å²) in [5, 5.41) is 8.23. The molecule has 3 nitrogen and oxygen atoms in total. The van der Waals surface area contributed by atoms with Crippen LogP contribution in [0.5, 0.6) is 0 Å².